The summed E-state index contributed by atoms with van der Waals surface area (Å²) in [6, 6.07) is 0. The van der Waals surface area contributed by atoms with Gasteiger partial charge in [-0.25, -0.2) is 4.79 Å². The second-order valence-corrected chi connectivity index (χ2v) is 3.14. The minimum atomic E-state index is -0.909. The zero-order valence-electron chi connectivity index (χ0n) is 7.17. The highest BCUT2D eigenvalue weighted by Gasteiger charge is 2.19. The maximum Gasteiger partial charge on any atom is 0.339 e. The largest absolute Gasteiger partial charge is 0.478 e. The second-order valence-electron chi connectivity index (χ2n) is 3.14. The third kappa shape index (κ3) is 1.45. The van der Waals surface area contributed by atoms with Gasteiger partial charge in [0, 0.05) is 18.5 Å². The second kappa shape index (κ2) is 3.22. The van der Waals surface area contributed by atoms with Crippen LogP contribution in [0.4, 0.5) is 0 Å². The number of carboxylic acid groups (broad SMARTS) is 1. The quantitative estimate of drug-likeness (QED) is 0.678. The van der Waals surface area contributed by atoms with Crippen molar-refractivity contribution in [2.45, 2.75) is 19.4 Å². The Hall–Kier alpha value is -1.29. The zero-order chi connectivity index (χ0) is 9.26. The Balaban J connectivity index is 2.39. The van der Waals surface area contributed by atoms with Gasteiger partial charge in [-0.1, -0.05) is 0 Å². The van der Waals surface area contributed by atoms with Gasteiger partial charge >= 0.3 is 5.97 Å². The monoisotopic (exact) mass is 181 g/mol. The molecular formula is C9H11NO3. The van der Waals surface area contributed by atoms with Crippen LogP contribution in [0.15, 0.2) is 10.7 Å². The molecule has 2 rings (SSSR count). The fourth-order valence-electron chi connectivity index (χ4n) is 1.59. The number of aromatic carboxylic acids is 1. The van der Waals surface area contributed by atoms with E-state index in [1.54, 1.807) is 0 Å². The highest BCUT2D eigenvalue weighted by Crippen LogP contribution is 2.20. The summed E-state index contributed by atoms with van der Waals surface area (Å²) in [5.41, 5.74) is 1.11. The van der Waals surface area contributed by atoms with E-state index in [1.807, 2.05) is 0 Å². The summed E-state index contributed by atoms with van der Waals surface area (Å²) in [5.74, 6) is -0.0869. The third-order valence-electron chi connectivity index (χ3n) is 2.27. The van der Waals surface area contributed by atoms with Crippen molar-refractivity contribution in [3.05, 3.63) is 23.2 Å². The van der Waals surface area contributed by atoms with E-state index in [4.69, 9.17) is 9.52 Å². The SMILES string of the molecule is O=C(O)c1coc2c1CNCCC2. The Morgan fingerprint density at radius 3 is 3.23 bits per heavy atom. The van der Waals surface area contributed by atoms with Gasteiger partial charge in [0.05, 0.1) is 0 Å². The predicted octanol–water partition coefficient (Wildman–Crippen LogP) is 1.01. The van der Waals surface area contributed by atoms with Crippen LogP contribution in [0, 0.1) is 0 Å². The minimum Gasteiger partial charge on any atom is -0.478 e. The fourth-order valence-corrected chi connectivity index (χ4v) is 1.59. The summed E-state index contributed by atoms with van der Waals surface area (Å²) in [7, 11) is 0. The lowest BCUT2D eigenvalue weighted by molar-refractivity contribution is 0.0695. The number of fused-ring (bicyclic) bond motifs is 1. The maximum absolute atomic E-state index is 10.8. The molecule has 0 fully saturated rings. The lowest BCUT2D eigenvalue weighted by Crippen LogP contribution is -2.13. The normalized spacial score (nSPS) is 16.3. The van der Waals surface area contributed by atoms with Crippen LogP contribution >= 0.6 is 0 Å². The van der Waals surface area contributed by atoms with Gasteiger partial charge in [0.15, 0.2) is 0 Å². The molecule has 0 aromatic carbocycles. The van der Waals surface area contributed by atoms with E-state index in [0.717, 1.165) is 30.7 Å². The number of hydrogen-bond donors (Lipinski definition) is 2. The first-order valence-corrected chi connectivity index (χ1v) is 4.32. The number of furan rings is 1. The van der Waals surface area contributed by atoms with Gasteiger partial charge in [-0.05, 0) is 13.0 Å². The van der Waals surface area contributed by atoms with Gasteiger partial charge in [0.25, 0.3) is 0 Å². The van der Waals surface area contributed by atoms with E-state index in [0.29, 0.717) is 12.1 Å². The van der Waals surface area contributed by atoms with Crippen LogP contribution in [0.3, 0.4) is 0 Å². The average Bonchev–Trinajstić information content (AvgIpc) is 2.36. The van der Waals surface area contributed by atoms with E-state index in [-0.39, 0.29) is 0 Å². The van der Waals surface area contributed by atoms with E-state index in [1.165, 1.54) is 6.26 Å². The summed E-state index contributed by atoms with van der Waals surface area (Å²) in [5, 5.41) is 12.0. The summed E-state index contributed by atoms with van der Waals surface area (Å²) in [6.45, 7) is 1.52. The molecule has 0 spiro atoms. The molecule has 1 aromatic heterocycles. The topological polar surface area (TPSA) is 62.5 Å². The molecule has 2 N–H and O–H groups in total. The first-order valence-electron chi connectivity index (χ1n) is 4.32. The maximum atomic E-state index is 10.8. The number of nitrogens with one attached hydrogen (secondary N) is 1. The lowest BCUT2D eigenvalue weighted by atomic mass is 10.1. The molecular weight excluding hydrogens is 170 g/mol. The van der Waals surface area contributed by atoms with Gasteiger partial charge in [-0.15, -0.1) is 0 Å². The van der Waals surface area contributed by atoms with E-state index < -0.39 is 5.97 Å². The van der Waals surface area contributed by atoms with Crippen LogP contribution in [-0.2, 0) is 13.0 Å². The number of hydrogen-bond acceptors (Lipinski definition) is 3. The molecule has 70 valence electrons. The van der Waals surface area contributed by atoms with Gasteiger partial charge in [-0.2, -0.15) is 0 Å². The smallest absolute Gasteiger partial charge is 0.339 e. The molecule has 1 aromatic rings. The molecule has 1 aliphatic rings. The number of rotatable bonds is 1. The van der Waals surface area contributed by atoms with Gasteiger partial charge in [-0.3, -0.25) is 0 Å². The molecule has 0 bridgehead atoms. The molecule has 13 heavy (non-hydrogen) atoms. The molecule has 0 unspecified atom stereocenters. The molecule has 4 nitrogen and oxygen atoms in total. The van der Waals surface area contributed by atoms with Crippen molar-refractivity contribution < 1.29 is 14.3 Å². The van der Waals surface area contributed by atoms with Crippen molar-refractivity contribution >= 4 is 5.97 Å². The third-order valence-corrected chi connectivity index (χ3v) is 2.27. The van der Waals surface area contributed by atoms with Crippen molar-refractivity contribution in [3.63, 3.8) is 0 Å². The first-order chi connectivity index (χ1) is 6.29. The van der Waals surface area contributed by atoms with Crippen LogP contribution < -0.4 is 5.32 Å². The van der Waals surface area contributed by atoms with Crippen molar-refractivity contribution in [3.8, 4) is 0 Å². The molecule has 0 radical (unpaired) electrons. The molecule has 2 heterocycles. The number of aryl methyl sites for hydroxylation is 1. The Bertz CT molecular complexity index is 330. The highest BCUT2D eigenvalue weighted by atomic mass is 16.4. The van der Waals surface area contributed by atoms with E-state index in [2.05, 4.69) is 5.32 Å². The number of carboxylic acids is 1. The Kier molecular flexibility index (Phi) is 2.06. The van der Waals surface area contributed by atoms with Crippen molar-refractivity contribution in [1.29, 1.82) is 0 Å². The molecule has 1 aliphatic heterocycles. The van der Waals surface area contributed by atoms with Crippen molar-refractivity contribution in [1.82, 2.24) is 5.32 Å². The molecule has 4 heteroatoms. The van der Waals surface area contributed by atoms with Gasteiger partial charge in [0.2, 0.25) is 0 Å². The molecule has 0 amide bonds. The summed E-state index contributed by atoms with van der Waals surface area (Å²) in [4.78, 5) is 10.8. The molecule has 0 aliphatic carbocycles. The van der Waals surface area contributed by atoms with E-state index >= 15 is 0 Å². The summed E-state index contributed by atoms with van der Waals surface area (Å²) < 4.78 is 5.21. The van der Waals surface area contributed by atoms with Crippen LogP contribution in [-0.4, -0.2) is 17.6 Å². The summed E-state index contributed by atoms with van der Waals surface area (Å²) >= 11 is 0. The molecule has 0 atom stereocenters. The Morgan fingerprint density at radius 1 is 1.62 bits per heavy atom. The van der Waals surface area contributed by atoms with Gasteiger partial charge in [0.1, 0.15) is 17.6 Å². The highest BCUT2D eigenvalue weighted by molar-refractivity contribution is 5.89. The van der Waals surface area contributed by atoms with Crippen LogP contribution in [0.1, 0.15) is 28.1 Å². The van der Waals surface area contributed by atoms with Gasteiger partial charge < -0.3 is 14.8 Å². The lowest BCUT2D eigenvalue weighted by Gasteiger charge is -1.98. The van der Waals surface area contributed by atoms with Crippen molar-refractivity contribution in [2.75, 3.05) is 6.54 Å². The fraction of sp³-hybridized carbons (Fsp3) is 0.444. The van der Waals surface area contributed by atoms with Crippen molar-refractivity contribution in [2.24, 2.45) is 0 Å². The first kappa shape index (κ1) is 8.31. The minimum absolute atomic E-state index is 0.296. The predicted molar refractivity (Wildman–Crippen MR) is 45.7 cm³/mol. The summed E-state index contributed by atoms with van der Waals surface area (Å²) in [6.07, 6.45) is 3.16. The standard InChI is InChI=1S/C9H11NO3/c11-9(12)7-5-13-8-2-1-3-10-4-6(7)8/h5,10H,1-4H2,(H,11,12). The van der Waals surface area contributed by atoms with Crippen LogP contribution in [0.25, 0.3) is 0 Å². The average molecular weight is 181 g/mol. The molecule has 0 saturated carbocycles. The Morgan fingerprint density at radius 2 is 2.46 bits per heavy atom. The van der Waals surface area contributed by atoms with Crippen LogP contribution in [0.2, 0.25) is 0 Å². The zero-order valence-corrected chi connectivity index (χ0v) is 7.17. The molecule has 0 saturated heterocycles. The number of carbonyl (C=O) groups is 1. The van der Waals surface area contributed by atoms with E-state index in [9.17, 15) is 4.79 Å². The van der Waals surface area contributed by atoms with Crippen LogP contribution in [0.5, 0.6) is 0 Å². The Labute approximate surface area is 75.6 Å².